The van der Waals surface area contributed by atoms with Crippen LogP contribution in [-0.4, -0.2) is 33.2 Å². The number of ether oxygens (including phenoxy) is 3. The maximum Gasteiger partial charge on any atom is 0.185 e. The zero-order valence-corrected chi connectivity index (χ0v) is 15.8. The fourth-order valence-electron chi connectivity index (χ4n) is 2.44. The van der Waals surface area contributed by atoms with Crippen molar-refractivity contribution in [2.75, 3.05) is 27.4 Å². The van der Waals surface area contributed by atoms with Crippen LogP contribution in [0.3, 0.4) is 0 Å². The van der Waals surface area contributed by atoms with Gasteiger partial charge in [0.15, 0.2) is 17.3 Å². The van der Waals surface area contributed by atoms with Gasteiger partial charge in [-0.25, -0.2) is 0 Å². The lowest BCUT2D eigenvalue weighted by Gasteiger charge is -2.11. The quantitative estimate of drug-likeness (QED) is 0.371. The zero-order valence-electron chi connectivity index (χ0n) is 15.8. The Balaban J connectivity index is 2.08. The van der Waals surface area contributed by atoms with Gasteiger partial charge in [0, 0.05) is 12.7 Å². The highest BCUT2D eigenvalue weighted by Crippen LogP contribution is 2.28. The highest BCUT2D eigenvalue weighted by molar-refractivity contribution is 6.07. The maximum atomic E-state index is 12.4. The molecule has 0 aromatic heterocycles. The van der Waals surface area contributed by atoms with E-state index in [0.29, 0.717) is 36.2 Å². The van der Waals surface area contributed by atoms with Gasteiger partial charge in [0.1, 0.15) is 6.61 Å². The second-order valence-electron chi connectivity index (χ2n) is 6.23. The monoisotopic (exact) mass is 354 g/mol. The summed E-state index contributed by atoms with van der Waals surface area (Å²) in [6.45, 7) is 5.23. The summed E-state index contributed by atoms with van der Waals surface area (Å²) in [6.07, 6.45) is 3.40. The van der Waals surface area contributed by atoms with Gasteiger partial charge in [-0.1, -0.05) is 44.2 Å². The number of allylic oxidation sites excluding steroid dienone is 1. The van der Waals surface area contributed by atoms with Crippen molar-refractivity contribution in [1.29, 1.82) is 0 Å². The van der Waals surface area contributed by atoms with Crippen molar-refractivity contribution in [2.24, 2.45) is 0 Å². The molecular weight excluding hydrogens is 328 g/mol. The molecule has 0 amide bonds. The normalized spacial score (nSPS) is 11.1. The van der Waals surface area contributed by atoms with E-state index in [4.69, 9.17) is 14.2 Å². The molecule has 0 atom stereocenters. The Morgan fingerprint density at radius 2 is 1.73 bits per heavy atom. The minimum atomic E-state index is -0.0836. The summed E-state index contributed by atoms with van der Waals surface area (Å²) >= 11 is 0. The molecule has 0 spiro atoms. The Morgan fingerprint density at radius 1 is 1.00 bits per heavy atom. The highest BCUT2D eigenvalue weighted by Gasteiger charge is 2.09. The molecule has 26 heavy (non-hydrogen) atoms. The average Bonchev–Trinajstić information content (AvgIpc) is 2.66. The fourth-order valence-corrected chi connectivity index (χ4v) is 2.44. The molecule has 2 rings (SSSR count). The Bertz CT molecular complexity index is 745. The van der Waals surface area contributed by atoms with Gasteiger partial charge in [-0.05, 0) is 41.3 Å². The van der Waals surface area contributed by atoms with Crippen LogP contribution in [0.1, 0.15) is 41.3 Å². The molecule has 0 saturated heterocycles. The van der Waals surface area contributed by atoms with Crippen molar-refractivity contribution in [1.82, 2.24) is 0 Å². The van der Waals surface area contributed by atoms with Crippen molar-refractivity contribution in [3.05, 3.63) is 65.2 Å². The smallest absolute Gasteiger partial charge is 0.185 e. The molecule has 0 N–H and O–H groups in total. The number of hydrogen-bond donors (Lipinski definition) is 0. The lowest BCUT2D eigenvalue weighted by atomic mass is 10.0. The second kappa shape index (κ2) is 9.78. The van der Waals surface area contributed by atoms with Gasteiger partial charge in [-0.2, -0.15) is 0 Å². The third-order valence-corrected chi connectivity index (χ3v) is 4.02. The van der Waals surface area contributed by atoms with E-state index >= 15 is 0 Å². The van der Waals surface area contributed by atoms with Crippen LogP contribution in [-0.2, 0) is 4.74 Å². The molecule has 0 bridgehead atoms. The minimum Gasteiger partial charge on any atom is -0.493 e. The van der Waals surface area contributed by atoms with Gasteiger partial charge < -0.3 is 14.2 Å². The van der Waals surface area contributed by atoms with Crippen LogP contribution in [0.25, 0.3) is 6.08 Å². The predicted molar refractivity (Wildman–Crippen MR) is 104 cm³/mol. The molecule has 138 valence electrons. The summed E-state index contributed by atoms with van der Waals surface area (Å²) in [7, 11) is 3.17. The van der Waals surface area contributed by atoms with Gasteiger partial charge in [-0.3, -0.25) is 4.79 Å². The van der Waals surface area contributed by atoms with Crippen LogP contribution in [0, 0.1) is 0 Å². The molecule has 0 aliphatic carbocycles. The van der Waals surface area contributed by atoms with Crippen LogP contribution in [0.2, 0.25) is 0 Å². The molecule has 0 heterocycles. The van der Waals surface area contributed by atoms with E-state index in [1.54, 1.807) is 38.5 Å². The average molecular weight is 354 g/mol. The number of carbonyl (C=O) groups excluding carboxylic acids is 1. The third kappa shape index (κ3) is 5.46. The number of ketones is 1. The van der Waals surface area contributed by atoms with E-state index in [1.165, 1.54) is 5.56 Å². The summed E-state index contributed by atoms with van der Waals surface area (Å²) in [4.78, 5) is 12.4. The Kier molecular flexibility index (Phi) is 7.42. The molecular formula is C22H26O4. The summed E-state index contributed by atoms with van der Waals surface area (Å²) in [5, 5.41) is 0. The first kappa shape index (κ1) is 19.7. The lowest BCUT2D eigenvalue weighted by molar-refractivity contribution is 0.104. The van der Waals surface area contributed by atoms with Gasteiger partial charge in [0.05, 0.1) is 13.7 Å². The number of rotatable bonds is 9. The Morgan fingerprint density at radius 3 is 2.35 bits per heavy atom. The van der Waals surface area contributed by atoms with Crippen molar-refractivity contribution in [2.45, 2.75) is 19.8 Å². The molecule has 0 saturated carbocycles. The Labute approximate surface area is 155 Å². The van der Waals surface area contributed by atoms with E-state index in [1.807, 2.05) is 18.2 Å². The first-order valence-corrected chi connectivity index (χ1v) is 8.67. The van der Waals surface area contributed by atoms with Gasteiger partial charge in [0.2, 0.25) is 0 Å². The summed E-state index contributed by atoms with van der Waals surface area (Å²) in [6, 6.07) is 13.4. The van der Waals surface area contributed by atoms with Crippen LogP contribution in [0.4, 0.5) is 0 Å². The molecule has 0 aliphatic heterocycles. The zero-order chi connectivity index (χ0) is 18.9. The molecule has 2 aromatic carbocycles. The topological polar surface area (TPSA) is 44.8 Å². The van der Waals surface area contributed by atoms with Crippen molar-refractivity contribution < 1.29 is 19.0 Å². The number of carbonyl (C=O) groups is 1. The second-order valence-corrected chi connectivity index (χ2v) is 6.23. The molecule has 4 heteroatoms. The van der Waals surface area contributed by atoms with Crippen LogP contribution >= 0.6 is 0 Å². The van der Waals surface area contributed by atoms with E-state index < -0.39 is 0 Å². The van der Waals surface area contributed by atoms with Gasteiger partial charge in [0.25, 0.3) is 0 Å². The number of hydrogen-bond acceptors (Lipinski definition) is 4. The molecule has 2 aromatic rings. The standard InChI is InChI=1S/C22H26O4/c1-16(2)18-8-5-17(6-9-18)7-11-20(23)19-10-12-21(22(15-19)25-4)26-14-13-24-3/h5-12,15-16H,13-14H2,1-4H3/b11-7+. The van der Waals surface area contributed by atoms with Crippen LogP contribution in [0.5, 0.6) is 11.5 Å². The van der Waals surface area contributed by atoms with E-state index in [-0.39, 0.29) is 5.78 Å². The molecule has 4 nitrogen and oxygen atoms in total. The van der Waals surface area contributed by atoms with Crippen molar-refractivity contribution in [3.63, 3.8) is 0 Å². The highest BCUT2D eigenvalue weighted by atomic mass is 16.5. The third-order valence-electron chi connectivity index (χ3n) is 4.02. The minimum absolute atomic E-state index is 0.0836. The van der Waals surface area contributed by atoms with E-state index in [0.717, 1.165) is 5.56 Å². The first-order chi connectivity index (χ1) is 12.5. The van der Waals surface area contributed by atoms with Crippen LogP contribution < -0.4 is 9.47 Å². The summed E-state index contributed by atoms with van der Waals surface area (Å²) in [5.41, 5.74) is 2.83. The van der Waals surface area contributed by atoms with Crippen molar-refractivity contribution in [3.8, 4) is 11.5 Å². The summed E-state index contributed by atoms with van der Waals surface area (Å²) in [5.74, 6) is 1.53. The maximum absolute atomic E-state index is 12.4. The number of methoxy groups -OCH3 is 2. The fraction of sp³-hybridized carbons (Fsp3) is 0.318. The largest absolute Gasteiger partial charge is 0.493 e. The van der Waals surface area contributed by atoms with E-state index in [2.05, 4.69) is 26.0 Å². The summed E-state index contributed by atoms with van der Waals surface area (Å²) < 4.78 is 15.9. The molecule has 0 aliphatic rings. The van der Waals surface area contributed by atoms with Crippen LogP contribution in [0.15, 0.2) is 48.5 Å². The van der Waals surface area contributed by atoms with Gasteiger partial charge in [-0.15, -0.1) is 0 Å². The molecule has 0 fully saturated rings. The lowest BCUT2D eigenvalue weighted by Crippen LogP contribution is -2.06. The van der Waals surface area contributed by atoms with Gasteiger partial charge >= 0.3 is 0 Å². The molecule has 0 radical (unpaired) electrons. The predicted octanol–water partition coefficient (Wildman–Crippen LogP) is 4.74. The number of benzene rings is 2. The SMILES string of the molecule is COCCOc1ccc(C(=O)/C=C/c2ccc(C(C)C)cc2)cc1OC. The Hall–Kier alpha value is -2.59. The first-order valence-electron chi connectivity index (χ1n) is 8.67. The van der Waals surface area contributed by atoms with E-state index in [9.17, 15) is 4.79 Å². The van der Waals surface area contributed by atoms with Crippen molar-refractivity contribution >= 4 is 11.9 Å². The molecule has 0 unspecified atom stereocenters.